The third kappa shape index (κ3) is 2.27. The molecular weight excluding hydrogens is 324 g/mol. The van der Waals surface area contributed by atoms with Crippen LogP contribution >= 0.6 is 0 Å². The topological polar surface area (TPSA) is 105 Å². The van der Waals surface area contributed by atoms with Crippen LogP contribution in [0.5, 0.6) is 0 Å². The van der Waals surface area contributed by atoms with Gasteiger partial charge in [0.15, 0.2) is 0 Å². The number of carbonyl (C=O) groups is 1. The number of fused-ring (bicyclic) bond motifs is 4. The molecule has 1 unspecified atom stereocenters. The van der Waals surface area contributed by atoms with E-state index >= 15 is 0 Å². The molecule has 2 bridgehead atoms. The molecule has 0 radical (unpaired) electrons. The highest BCUT2D eigenvalue weighted by Gasteiger charge is 2.47. The molecule has 1 fully saturated rings. The number of para-hydroxylation sites is 1. The first kappa shape index (κ1) is 14.2. The molecule has 0 spiro atoms. The largest absolute Gasteiger partial charge is 0.418 e. The SMILES string of the molecule is O=C1N2Cc3c(cnn3-c3ccccc3)C(C2)N1OS(=O)(=O)O. The molecule has 120 valence electrons. The van der Waals surface area contributed by atoms with Gasteiger partial charge in [0.1, 0.15) is 6.04 Å². The van der Waals surface area contributed by atoms with Gasteiger partial charge in [-0.15, -0.1) is 4.28 Å². The molecule has 2 amide bonds. The van der Waals surface area contributed by atoms with Crippen LogP contribution in [0.2, 0.25) is 0 Å². The van der Waals surface area contributed by atoms with Crippen LogP contribution in [0.15, 0.2) is 36.5 Å². The average molecular weight is 336 g/mol. The van der Waals surface area contributed by atoms with Gasteiger partial charge in [-0.25, -0.2) is 9.48 Å². The summed E-state index contributed by atoms with van der Waals surface area (Å²) in [5, 5.41) is 5.01. The Labute approximate surface area is 131 Å². The molecule has 9 nitrogen and oxygen atoms in total. The molecule has 0 aliphatic carbocycles. The lowest BCUT2D eigenvalue weighted by Crippen LogP contribution is -2.32. The number of rotatable bonds is 3. The molecule has 10 heteroatoms. The lowest BCUT2D eigenvalue weighted by atomic mass is 10.0. The van der Waals surface area contributed by atoms with Crippen molar-refractivity contribution in [3.05, 3.63) is 47.8 Å². The van der Waals surface area contributed by atoms with E-state index < -0.39 is 22.5 Å². The Kier molecular flexibility index (Phi) is 2.95. The smallest absolute Gasteiger partial charge is 0.314 e. The Bertz CT molecular complexity index is 879. The van der Waals surface area contributed by atoms with Gasteiger partial charge in [0, 0.05) is 5.56 Å². The normalized spacial score (nSPS) is 20.0. The van der Waals surface area contributed by atoms with E-state index in [1.54, 1.807) is 10.9 Å². The number of carbonyl (C=O) groups excluding carboxylic acids is 1. The molecule has 4 rings (SSSR count). The van der Waals surface area contributed by atoms with Crippen LogP contribution in [-0.2, 0) is 21.2 Å². The Morgan fingerprint density at radius 1 is 1.26 bits per heavy atom. The van der Waals surface area contributed by atoms with Crippen LogP contribution in [0, 0.1) is 0 Å². The van der Waals surface area contributed by atoms with E-state index in [-0.39, 0.29) is 13.1 Å². The number of benzene rings is 1. The molecule has 1 aromatic carbocycles. The van der Waals surface area contributed by atoms with Gasteiger partial charge in [-0.05, 0) is 12.1 Å². The third-order valence-electron chi connectivity index (χ3n) is 3.91. The summed E-state index contributed by atoms with van der Waals surface area (Å²) in [5.41, 5.74) is 2.31. The summed E-state index contributed by atoms with van der Waals surface area (Å²) in [6.45, 7) is 0.562. The van der Waals surface area contributed by atoms with Crippen LogP contribution in [0.4, 0.5) is 4.79 Å². The summed E-state index contributed by atoms with van der Waals surface area (Å²) in [7, 11) is -4.78. The van der Waals surface area contributed by atoms with Crippen molar-refractivity contribution in [1.82, 2.24) is 19.7 Å². The minimum absolute atomic E-state index is 0.280. The van der Waals surface area contributed by atoms with Crippen LogP contribution in [0.25, 0.3) is 5.69 Å². The summed E-state index contributed by atoms with van der Waals surface area (Å²) in [5.74, 6) is 0. The van der Waals surface area contributed by atoms with Gasteiger partial charge in [-0.3, -0.25) is 4.55 Å². The molecule has 2 aliphatic rings. The molecule has 0 saturated carbocycles. The second kappa shape index (κ2) is 4.78. The Hall–Kier alpha value is -2.43. The minimum Gasteiger partial charge on any atom is -0.314 e. The molecule has 2 aromatic rings. The first-order chi connectivity index (χ1) is 10.9. The zero-order valence-electron chi connectivity index (χ0n) is 11.7. The third-order valence-corrected chi connectivity index (χ3v) is 4.26. The highest BCUT2D eigenvalue weighted by molar-refractivity contribution is 7.80. The van der Waals surface area contributed by atoms with Crippen molar-refractivity contribution in [2.45, 2.75) is 12.6 Å². The number of hydrogen-bond acceptors (Lipinski definition) is 5. The molecule has 23 heavy (non-hydrogen) atoms. The molecular formula is C13H12N4O5S. The van der Waals surface area contributed by atoms with Crippen LogP contribution in [0.1, 0.15) is 17.3 Å². The molecule has 2 aliphatic heterocycles. The Balaban J connectivity index is 1.77. The fraction of sp³-hybridized carbons (Fsp3) is 0.231. The molecule has 1 saturated heterocycles. The quantitative estimate of drug-likeness (QED) is 0.835. The fourth-order valence-corrected chi connectivity index (χ4v) is 3.34. The van der Waals surface area contributed by atoms with Crippen molar-refractivity contribution >= 4 is 16.4 Å². The lowest BCUT2D eigenvalue weighted by Gasteiger charge is -2.22. The first-order valence-electron chi connectivity index (χ1n) is 6.81. The zero-order valence-corrected chi connectivity index (χ0v) is 12.5. The highest BCUT2D eigenvalue weighted by atomic mass is 32.3. The monoisotopic (exact) mass is 336 g/mol. The van der Waals surface area contributed by atoms with Crippen molar-refractivity contribution < 1.29 is 22.0 Å². The number of urea groups is 1. The number of hydroxylamine groups is 2. The number of amides is 2. The van der Waals surface area contributed by atoms with Gasteiger partial charge in [0.25, 0.3) is 0 Å². The molecule has 1 atom stereocenters. The van der Waals surface area contributed by atoms with E-state index in [0.717, 1.165) is 11.4 Å². The van der Waals surface area contributed by atoms with Gasteiger partial charge in [0.05, 0.1) is 30.7 Å². The van der Waals surface area contributed by atoms with Gasteiger partial charge in [0.2, 0.25) is 0 Å². The maximum absolute atomic E-state index is 12.2. The van der Waals surface area contributed by atoms with Gasteiger partial charge in [-0.1, -0.05) is 18.2 Å². The van der Waals surface area contributed by atoms with Crippen molar-refractivity contribution in [2.75, 3.05) is 6.54 Å². The van der Waals surface area contributed by atoms with E-state index in [9.17, 15) is 13.2 Å². The zero-order chi connectivity index (χ0) is 16.2. The van der Waals surface area contributed by atoms with E-state index in [2.05, 4.69) is 9.38 Å². The van der Waals surface area contributed by atoms with Crippen molar-refractivity contribution in [2.24, 2.45) is 0 Å². The standard InChI is InChI=1S/C13H12N4O5S/c18-13-15-7-11-10(12(8-15)17(13)22-23(19,20)21)6-14-16(11)9-4-2-1-3-5-9/h1-6,12H,7-8H2,(H,19,20,21). The van der Waals surface area contributed by atoms with E-state index in [1.165, 1.54) is 4.90 Å². The minimum atomic E-state index is -4.78. The number of aromatic nitrogens is 2. The van der Waals surface area contributed by atoms with Crippen LogP contribution in [-0.4, -0.2) is 45.3 Å². The predicted octanol–water partition coefficient (Wildman–Crippen LogP) is 0.899. The lowest BCUT2D eigenvalue weighted by molar-refractivity contribution is -0.0316. The van der Waals surface area contributed by atoms with Gasteiger partial charge >= 0.3 is 16.4 Å². The van der Waals surface area contributed by atoms with Crippen molar-refractivity contribution in [1.29, 1.82) is 0 Å². The summed E-state index contributed by atoms with van der Waals surface area (Å²) in [6, 6.07) is 8.16. The molecule has 1 aromatic heterocycles. The summed E-state index contributed by atoms with van der Waals surface area (Å²) in [6.07, 6.45) is 1.59. The summed E-state index contributed by atoms with van der Waals surface area (Å²) < 4.78 is 36.9. The molecule has 1 N–H and O–H groups in total. The van der Waals surface area contributed by atoms with Crippen molar-refractivity contribution in [3.8, 4) is 5.69 Å². The number of hydrogen-bond donors (Lipinski definition) is 1. The van der Waals surface area contributed by atoms with Crippen LogP contribution in [0.3, 0.4) is 0 Å². The maximum Gasteiger partial charge on any atom is 0.418 e. The van der Waals surface area contributed by atoms with Crippen molar-refractivity contribution in [3.63, 3.8) is 0 Å². The molecule has 3 heterocycles. The maximum atomic E-state index is 12.2. The predicted molar refractivity (Wildman–Crippen MR) is 76.6 cm³/mol. The highest BCUT2D eigenvalue weighted by Crippen LogP contribution is 2.38. The van der Waals surface area contributed by atoms with E-state index in [4.69, 9.17) is 4.55 Å². The van der Waals surface area contributed by atoms with Gasteiger partial charge in [-0.2, -0.15) is 18.6 Å². The van der Waals surface area contributed by atoms with Gasteiger partial charge < -0.3 is 4.90 Å². The second-order valence-electron chi connectivity index (χ2n) is 5.30. The summed E-state index contributed by atoms with van der Waals surface area (Å²) >= 11 is 0. The average Bonchev–Trinajstić information content (AvgIpc) is 3.04. The number of nitrogens with zero attached hydrogens (tertiary/aromatic N) is 4. The fourth-order valence-electron chi connectivity index (χ4n) is 2.97. The summed E-state index contributed by atoms with van der Waals surface area (Å²) in [4.78, 5) is 13.6. The first-order valence-corrected chi connectivity index (χ1v) is 8.18. The van der Waals surface area contributed by atoms with E-state index in [1.807, 2.05) is 30.3 Å². The Morgan fingerprint density at radius 3 is 2.70 bits per heavy atom. The Morgan fingerprint density at radius 2 is 2.00 bits per heavy atom. The second-order valence-corrected chi connectivity index (χ2v) is 6.31. The van der Waals surface area contributed by atoms with Crippen LogP contribution < -0.4 is 0 Å². The van der Waals surface area contributed by atoms with E-state index in [0.29, 0.717) is 10.6 Å².